The van der Waals surface area contributed by atoms with Gasteiger partial charge in [0.1, 0.15) is 11.6 Å². The maximum Gasteiger partial charge on any atom is 0.136 e. The van der Waals surface area contributed by atoms with Crippen molar-refractivity contribution in [3.63, 3.8) is 0 Å². The van der Waals surface area contributed by atoms with E-state index in [1.807, 2.05) is 13.1 Å². The molecule has 94 valence electrons. The number of hydrogen-bond acceptors (Lipinski definition) is 5. The number of nitrogens with two attached hydrogens (primary N) is 1. The van der Waals surface area contributed by atoms with E-state index >= 15 is 0 Å². The molecule has 0 radical (unpaired) electrons. The van der Waals surface area contributed by atoms with Gasteiger partial charge in [0.25, 0.3) is 0 Å². The number of aryl methyl sites for hydroxylation is 1. The number of nitrogens with zero attached hydrogens (tertiary/aromatic N) is 3. The van der Waals surface area contributed by atoms with Gasteiger partial charge in [-0.3, -0.25) is 0 Å². The van der Waals surface area contributed by atoms with Crippen LogP contribution >= 0.6 is 0 Å². The molecule has 1 aliphatic rings. The Bertz CT molecular complexity index is 383. The number of ether oxygens (including phenoxy) is 1. The smallest absolute Gasteiger partial charge is 0.136 e. The van der Waals surface area contributed by atoms with E-state index in [1.54, 1.807) is 7.11 Å². The van der Waals surface area contributed by atoms with Crippen LogP contribution in [0.2, 0.25) is 0 Å². The second kappa shape index (κ2) is 5.42. The van der Waals surface area contributed by atoms with Crippen molar-refractivity contribution in [1.82, 2.24) is 9.97 Å². The van der Waals surface area contributed by atoms with Gasteiger partial charge in [-0.05, 0) is 19.8 Å². The van der Waals surface area contributed by atoms with Crippen LogP contribution in [0.1, 0.15) is 24.2 Å². The Morgan fingerprint density at radius 2 is 2.41 bits per heavy atom. The van der Waals surface area contributed by atoms with Gasteiger partial charge in [-0.2, -0.15) is 0 Å². The topological polar surface area (TPSA) is 64.3 Å². The summed E-state index contributed by atoms with van der Waals surface area (Å²) < 4.78 is 5.43. The van der Waals surface area contributed by atoms with E-state index in [-0.39, 0.29) is 0 Å². The molecule has 0 bridgehead atoms. The lowest BCUT2D eigenvalue weighted by Crippen LogP contribution is -2.40. The third kappa shape index (κ3) is 2.73. The molecule has 1 unspecified atom stereocenters. The fourth-order valence-corrected chi connectivity index (χ4v) is 2.22. The molecule has 1 aliphatic heterocycles. The van der Waals surface area contributed by atoms with Crippen molar-refractivity contribution < 1.29 is 4.74 Å². The van der Waals surface area contributed by atoms with E-state index in [2.05, 4.69) is 14.9 Å². The minimum Gasteiger partial charge on any atom is -0.380 e. The molecule has 5 nitrogen and oxygen atoms in total. The van der Waals surface area contributed by atoms with Gasteiger partial charge >= 0.3 is 0 Å². The van der Waals surface area contributed by atoms with Gasteiger partial charge in [-0.15, -0.1) is 0 Å². The summed E-state index contributed by atoms with van der Waals surface area (Å²) in [5.41, 5.74) is 6.74. The van der Waals surface area contributed by atoms with E-state index in [1.165, 1.54) is 0 Å². The Balaban J connectivity index is 2.22. The molecule has 0 aliphatic carbocycles. The molecule has 2 rings (SSSR count). The van der Waals surface area contributed by atoms with Gasteiger partial charge < -0.3 is 15.4 Å². The van der Waals surface area contributed by atoms with Crippen molar-refractivity contribution in [2.45, 2.75) is 32.4 Å². The zero-order valence-corrected chi connectivity index (χ0v) is 10.5. The summed E-state index contributed by atoms with van der Waals surface area (Å²) in [6, 6.07) is 0. The molecule has 1 fully saturated rings. The summed E-state index contributed by atoms with van der Waals surface area (Å²) in [6.45, 7) is 4.29. The van der Waals surface area contributed by atoms with Gasteiger partial charge in [0.15, 0.2) is 0 Å². The Hall–Kier alpha value is -1.20. The molecule has 1 atom stereocenters. The highest BCUT2D eigenvalue weighted by Crippen LogP contribution is 2.22. The van der Waals surface area contributed by atoms with Crippen molar-refractivity contribution in [3.8, 4) is 0 Å². The predicted molar refractivity (Wildman–Crippen MR) is 66.9 cm³/mol. The van der Waals surface area contributed by atoms with Gasteiger partial charge in [0.05, 0.1) is 6.10 Å². The Morgan fingerprint density at radius 3 is 3.12 bits per heavy atom. The molecule has 5 heteroatoms. The molecule has 1 aromatic heterocycles. The summed E-state index contributed by atoms with van der Waals surface area (Å²) >= 11 is 0. The zero-order valence-electron chi connectivity index (χ0n) is 10.5. The SMILES string of the molecule is COC1CCCN(c2nc(C)ncc2CN)C1. The third-order valence-corrected chi connectivity index (χ3v) is 3.19. The third-order valence-electron chi connectivity index (χ3n) is 3.19. The van der Waals surface area contributed by atoms with Gasteiger partial charge in [-0.1, -0.05) is 0 Å². The minimum atomic E-state index is 0.296. The Kier molecular flexibility index (Phi) is 3.91. The zero-order chi connectivity index (χ0) is 12.3. The Labute approximate surface area is 102 Å². The summed E-state index contributed by atoms with van der Waals surface area (Å²) in [4.78, 5) is 11.0. The second-order valence-electron chi connectivity index (χ2n) is 4.42. The normalized spacial score (nSPS) is 20.6. The van der Waals surface area contributed by atoms with E-state index in [9.17, 15) is 0 Å². The molecular formula is C12H20N4O. The molecule has 2 N–H and O–H groups in total. The van der Waals surface area contributed by atoms with Crippen molar-refractivity contribution in [3.05, 3.63) is 17.6 Å². The first kappa shape index (κ1) is 12.3. The highest BCUT2D eigenvalue weighted by molar-refractivity contribution is 5.46. The van der Waals surface area contributed by atoms with Crippen molar-refractivity contribution in [2.75, 3.05) is 25.1 Å². The van der Waals surface area contributed by atoms with Crippen LogP contribution in [0.15, 0.2) is 6.20 Å². The molecule has 1 saturated heterocycles. The quantitative estimate of drug-likeness (QED) is 0.843. The first-order valence-electron chi connectivity index (χ1n) is 6.05. The molecule has 2 heterocycles. The second-order valence-corrected chi connectivity index (χ2v) is 4.42. The van der Waals surface area contributed by atoms with Crippen LogP contribution in [0.25, 0.3) is 0 Å². The number of piperidine rings is 1. The van der Waals surface area contributed by atoms with Crippen LogP contribution < -0.4 is 10.6 Å². The van der Waals surface area contributed by atoms with Crippen LogP contribution in [0.5, 0.6) is 0 Å². The molecule has 0 saturated carbocycles. The molecule has 0 amide bonds. The first-order valence-corrected chi connectivity index (χ1v) is 6.05. The number of hydrogen-bond donors (Lipinski definition) is 1. The van der Waals surface area contributed by atoms with Crippen molar-refractivity contribution in [2.24, 2.45) is 5.73 Å². The largest absolute Gasteiger partial charge is 0.380 e. The minimum absolute atomic E-state index is 0.296. The molecule has 1 aromatic rings. The molecule has 0 spiro atoms. The lowest BCUT2D eigenvalue weighted by atomic mass is 10.1. The number of rotatable bonds is 3. The van der Waals surface area contributed by atoms with Gasteiger partial charge in [-0.25, -0.2) is 9.97 Å². The molecular weight excluding hydrogens is 216 g/mol. The lowest BCUT2D eigenvalue weighted by molar-refractivity contribution is 0.0891. The fourth-order valence-electron chi connectivity index (χ4n) is 2.22. The highest BCUT2D eigenvalue weighted by atomic mass is 16.5. The van der Waals surface area contributed by atoms with Gasteiger partial charge in [0.2, 0.25) is 0 Å². The van der Waals surface area contributed by atoms with E-state index < -0.39 is 0 Å². The first-order chi connectivity index (χ1) is 8.24. The van der Waals surface area contributed by atoms with E-state index in [0.29, 0.717) is 12.6 Å². The van der Waals surface area contributed by atoms with Crippen molar-refractivity contribution in [1.29, 1.82) is 0 Å². The standard InChI is InChI=1S/C12H20N4O/c1-9-14-7-10(6-13)12(15-9)16-5-3-4-11(8-16)17-2/h7,11H,3-6,8,13H2,1-2H3. The number of anilines is 1. The molecule has 0 aromatic carbocycles. The average Bonchev–Trinajstić information content (AvgIpc) is 2.39. The summed E-state index contributed by atoms with van der Waals surface area (Å²) in [7, 11) is 1.77. The van der Waals surface area contributed by atoms with Crippen LogP contribution in [0, 0.1) is 6.92 Å². The van der Waals surface area contributed by atoms with Crippen LogP contribution in [0.4, 0.5) is 5.82 Å². The van der Waals surface area contributed by atoms with Crippen molar-refractivity contribution >= 4 is 5.82 Å². The highest BCUT2D eigenvalue weighted by Gasteiger charge is 2.22. The van der Waals surface area contributed by atoms with E-state index in [0.717, 1.165) is 43.1 Å². The lowest BCUT2D eigenvalue weighted by Gasteiger charge is -2.33. The monoisotopic (exact) mass is 236 g/mol. The summed E-state index contributed by atoms with van der Waals surface area (Å²) in [5, 5.41) is 0. The molecule has 17 heavy (non-hydrogen) atoms. The van der Waals surface area contributed by atoms with Crippen LogP contribution in [-0.2, 0) is 11.3 Å². The van der Waals surface area contributed by atoms with Crippen LogP contribution in [-0.4, -0.2) is 36.3 Å². The maximum atomic E-state index is 5.74. The Morgan fingerprint density at radius 1 is 1.59 bits per heavy atom. The number of aromatic nitrogens is 2. The number of methoxy groups -OCH3 is 1. The van der Waals surface area contributed by atoms with Gasteiger partial charge in [0, 0.05) is 38.5 Å². The van der Waals surface area contributed by atoms with E-state index in [4.69, 9.17) is 10.5 Å². The maximum absolute atomic E-state index is 5.74. The predicted octanol–water partition coefficient (Wildman–Crippen LogP) is 0.859. The summed E-state index contributed by atoms with van der Waals surface area (Å²) in [6.07, 6.45) is 4.37. The average molecular weight is 236 g/mol. The van der Waals surface area contributed by atoms with Crippen LogP contribution in [0.3, 0.4) is 0 Å². The fraction of sp³-hybridized carbons (Fsp3) is 0.667. The summed E-state index contributed by atoms with van der Waals surface area (Å²) in [5.74, 6) is 1.76.